The van der Waals surface area contributed by atoms with Crippen LogP contribution < -0.4 is 0 Å². The molecular formula is C3H9OSi. The van der Waals surface area contributed by atoms with E-state index in [2.05, 4.69) is 0 Å². The zero-order valence-corrected chi connectivity index (χ0v) is 4.94. The summed E-state index contributed by atoms with van der Waals surface area (Å²) in [6, 6.07) is 0.972. The Kier molecular flexibility index (Phi) is 4.32. The van der Waals surface area contributed by atoms with Gasteiger partial charge in [0.05, 0.1) is 0 Å². The van der Waals surface area contributed by atoms with Crippen molar-refractivity contribution in [2.45, 2.75) is 19.4 Å². The average molecular weight is 89.2 g/mol. The van der Waals surface area contributed by atoms with E-state index >= 15 is 0 Å². The molecule has 2 heteroatoms. The largest absolute Gasteiger partial charge is 0.306 e. The molecule has 0 N–H and O–H groups in total. The van der Waals surface area contributed by atoms with E-state index in [1.807, 2.05) is 6.92 Å². The van der Waals surface area contributed by atoms with Gasteiger partial charge in [0.15, 0.2) is 0 Å². The lowest BCUT2D eigenvalue weighted by atomic mass is 10.6. The van der Waals surface area contributed by atoms with Gasteiger partial charge in [0.2, 0.25) is 9.76 Å². The molecule has 0 aliphatic heterocycles. The predicted molar refractivity (Wildman–Crippen MR) is 24.3 cm³/mol. The van der Waals surface area contributed by atoms with Gasteiger partial charge in [-0.25, -0.2) is 0 Å². The van der Waals surface area contributed by atoms with Gasteiger partial charge in [-0.2, -0.15) is 0 Å². The second-order valence-corrected chi connectivity index (χ2v) is 2.17. The van der Waals surface area contributed by atoms with Crippen molar-refractivity contribution in [3.8, 4) is 0 Å². The van der Waals surface area contributed by atoms with Gasteiger partial charge in [0.1, 0.15) is 0 Å². The molecular weight excluding hydrogens is 80.1 g/mol. The first-order chi connectivity index (χ1) is 2.41. The van der Waals surface area contributed by atoms with Gasteiger partial charge in [-0.1, -0.05) is 13.3 Å². The van der Waals surface area contributed by atoms with Crippen molar-refractivity contribution in [2.75, 3.05) is 0 Å². The zero-order valence-electron chi connectivity index (χ0n) is 3.53. The molecule has 0 aliphatic rings. The number of hydrogen-bond donors (Lipinski definition) is 0. The molecule has 0 spiro atoms. The first kappa shape index (κ1) is 5.18. The van der Waals surface area contributed by atoms with Crippen LogP contribution in [0.1, 0.15) is 13.3 Å². The smallest absolute Gasteiger partial charge is 0.207 e. The molecule has 0 fully saturated rings. The highest BCUT2D eigenvalue weighted by molar-refractivity contribution is 6.24. The molecule has 0 heterocycles. The van der Waals surface area contributed by atoms with Crippen molar-refractivity contribution in [1.29, 1.82) is 0 Å². The second kappa shape index (κ2) is 4.18. The van der Waals surface area contributed by atoms with Crippen molar-refractivity contribution < 1.29 is 4.80 Å². The lowest BCUT2D eigenvalue weighted by Crippen LogP contribution is -1.77. The fourth-order valence-corrected chi connectivity index (χ4v) is 0.433. The summed E-state index contributed by atoms with van der Waals surface area (Å²) >= 11 is 0. The minimum absolute atomic E-state index is 0.836. The highest BCUT2D eigenvalue weighted by Crippen LogP contribution is 1.79. The summed E-state index contributed by atoms with van der Waals surface area (Å²) in [4.78, 5) is 9.67. The molecule has 0 bridgehead atoms. The van der Waals surface area contributed by atoms with Crippen molar-refractivity contribution in [3.63, 3.8) is 0 Å². The molecule has 0 atom stereocenters. The molecule has 0 rings (SSSR count). The monoisotopic (exact) mass is 89.0 g/mol. The molecule has 0 aromatic carbocycles. The predicted octanol–water partition coefficient (Wildman–Crippen LogP) is 0.329. The summed E-state index contributed by atoms with van der Waals surface area (Å²) in [7, 11) is -0.836. The van der Waals surface area contributed by atoms with Crippen LogP contribution in [0.3, 0.4) is 0 Å². The molecule has 5 heavy (non-hydrogen) atoms. The van der Waals surface area contributed by atoms with Crippen molar-refractivity contribution >= 4 is 9.76 Å². The summed E-state index contributed by atoms with van der Waals surface area (Å²) in [6.07, 6.45) is 1.09. The normalized spacial score (nSPS) is 10.8. The average Bonchev–Trinajstić information content (AvgIpc) is 1.41. The summed E-state index contributed by atoms with van der Waals surface area (Å²) in [5, 5.41) is 0. The van der Waals surface area contributed by atoms with E-state index in [0.717, 1.165) is 12.5 Å². The summed E-state index contributed by atoms with van der Waals surface area (Å²) in [6.45, 7) is 2.05. The van der Waals surface area contributed by atoms with Crippen LogP contribution in [-0.2, 0) is 4.80 Å². The highest BCUT2D eigenvalue weighted by atomic mass is 28.2. The maximum absolute atomic E-state index is 9.67. The molecule has 0 saturated heterocycles. The van der Waals surface area contributed by atoms with Gasteiger partial charge in [-0.05, 0) is 6.04 Å². The molecule has 0 aliphatic carbocycles. The van der Waals surface area contributed by atoms with Gasteiger partial charge < -0.3 is 4.80 Å². The van der Waals surface area contributed by atoms with Crippen LogP contribution in [0.2, 0.25) is 6.04 Å². The van der Waals surface area contributed by atoms with Crippen LogP contribution in [0.4, 0.5) is 0 Å². The lowest BCUT2D eigenvalue weighted by Gasteiger charge is -1.75. The maximum Gasteiger partial charge on any atom is 0.207 e. The van der Waals surface area contributed by atoms with E-state index in [-0.39, 0.29) is 0 Å². The minimum atomic E-state index is -0.836. The molecule has 0 saturated carbocycles. The van der Waals surface area contributed by atoms with E-state index in [0.29, 0.717) is 0 Å². The Balaban J connectivity index is 2.19. The van der Waals surface area contributed by atoms with Crippen molar-refractivity contribution in [3.05, 3.63) is 0 Å². The zero-order chi connectivity index (χ0) is 4.12. The Bertz CT molecular complexity index is 14.4. The minimum Gasteiger partial charge on any atom is -0.306 e. The molecule has 0 aromatic rings. The summed E-state index contributed by atoms with van der Waals surface area (Å²) in [5.74, 6) is 0. The first-order valence-corrected chi connectivity index (χ1v) is 3.57. The topological polar surface area (TPSA) is 19.9 Å². The van der Waals surface area contributed by atoms with Crippen molar-refractivity contribution in [1.82, 2.24) is 0 Å². The van der Waals surface area contributed by atoms with Gasteiger partial charge in [-0.3, -0.25) is 0 Å². The third-order valence-corrected chi connectivity index (χ3v) is 1.49. The Hall–Kier alpha value is 0.177. The highest BCUT2D eigenvalue weighted by Gasteiger charge is 1.74. The van der Waals surface area contributed by atoms with E-state index < -0.39 is 9.76 Å². The second-order valence-electron chi connectivity index (χ2n) is 1.06. The first-order valence-electron chi connectivity index (χ1n) is 2.00. The summed E-state index contributed by atoms with van der Waals surface area (Å²) < 4.78 is 0. The van der Waals surface area contributed by atoms with Crippen LogP contribution in [0.15, 0.2) is 0 Å². The fourth-order valence-electron chi connectivity index (χ4n) is 0.144. The lowest BCUT2D eigenvalue weighted by molar-refractivity contribution is 0.471. The summed E-state index contributed by atoms with van der Waals surface area (Å²) in [5.41, 5.74) is 0. The Morgan fingerprint density at radius 1 is 1.80 bits per heavy atom. The molecule has 31 valence electrons. The Morgan fingerprint density at radius 2 is 2.40 bits per heavy atom. The quantitative estimate of drug-likeness (QED) is 0.434. The van der Waals surface area contributed by atoms with Gasteiger partial charge >= 0.3 is 0 Å². The molecule has 1 nitrogen and oxygen atoms in total. The van der Waals surface area contributed by atoms with Crippen LogP contribution in [0.5, 0.6) is 0 Å². The van der Waals surface area contributed by atoms with E-state index in [4.69, 9.17) is 0 Å². The van der Waals surface area contributed by atoms with Crippen molar-refractivity contribution in [2.24, 2.45) is 0 Å². The fraction of sp³-hybridized carbons (Fsp3) is 1.00. The maximum atomic E-state index is 9.67. The Morgan fingerprint density at radius 3 is 2.40 bits per heavy atom. The number of hydrogen-bond acceptors (Lipinski definition) is 0. The molecule has 0 amide bonds. The standard InChI is InChI=1S/C3H9OSi/c1-2-3-5-4/h2-3,5H2,1H3. The van der Waals surface area contributed by atoms with E-state index in [1.165, 1.54) is 0 Å². The van der Waals surface area contributed by atoms with Gasteiger partial charge in [-0.15, -0.1) is 0 Å². The molecule has 0 unspecified atom stereocenters. The molecule has 1 radical (unpaired) electrons. The van der Waals surface area contributed by atoms with Crippen LogP contribution in [0.25, 0.3) is 0 Å². The third kappa shape index (κ3) is 4.18. The van der Waals surface area contributed by atoms with Gasteiger partial charge in [0, 0.05) is 0 Å². The van der Waals surface area contributed by atoms with E-state index in [9.17, 15) is 4.80 Å². The third-order valence-electron chi connectivity index (χ3n) is 0.498. The number of rotatable bonds is 2. The Labute approximate surface area is 35.0 Å². The van der Waals surface area contributed by atoms with E-state index in [1.54, 1.807) is 0 Å². The molecule has 0 aromatic heterocycles. The van der Waals surface area contributed by atoms with Crippen LogP contribution >= 0.6 is 0 Å². The SMILES string of the molecule is CCC[SiH2][O]. The van der Waals surface area contributed by atoms with Gasteiger partial charge in [0.25, 0.3) is 0 Å². The van der Waals surface area contributed by atoms with Crippen LogP contribution in [-0.4, -0.2) is 9.76 Å². The van der Waals surface area contributed by atoms with Crippen LogP contribution in [0, 0.1) is 0 Å².